The zero-order valence-electron chi connectivity index (χ0n) is 19.9. The summed E-state index contributed by atoms with van der Waals surface area (Å²) in [5, 5.41) is 3.58. The molecular weight excluding hydrogens is 422 g/mol. The highest BCUT2D eigenvalue weighted by molar-refractivity contribution is 6.08. The molecule has 1 aliphatic rings. The Morgan fingerprint density at radius 1 is 1.03 bits per heavy atom. The van der Waals surface area contributed by atoms with Crippen LogP contribution >= 0.6 is 0 Å². The predicted octanol–water partition coefficient (Wildman–Crippen LogP) is 4.97. The van der Waals surface area contributed by atoms with Crippen LogP contribution in [0.3, 0.4) is 0 Å². The fourth-order valence-electron chi connectivity index (χ4n) is 4.47. The zero-order valence-corrected chi connectivity index (χ0v) is 19.9. The van der Waals surface area contributed by atoms with Crippen LogP contribution in [0.5, 0.6) is 0 Å². The highest BCUT2D eigenvalue weighted by atomic mass is 16.5. The van der Waals surface area contributed by atoms with Gasteiger partial charge in [-0.3, -0.25) is 15.1 Å². The average molecular weight is 456 g/mol. The van der Waals surface area contributed by atoms with Gasteiger partial charge in [0.05, 0.1) is 17.9 Å². The van der Waals surface area contributed by atoms with E-state index in [2.05, 4.69) is 36.5 Å². The molecule has 2 heterocycles. The van der Waals surface area contributed by atoms with Crippen LogP contribution in [0.4, 0.5) is 0 Å². The largest absolute Gasteiger partial charge is 0.381 e. The quantitative estimate of drug-likeness (QED) is 0.488. The summed E-state index contributed by atoms with van der Waals surface area (Å²) >= 11 is 0. The number of hydrogen-bond acceptors (Lipinski definition) is 4. The summed E-state index contributed by atoms with van der Waals surface area (Å²) in [7, 11) is 0. The van der Waals surface area contributed by atoms with Gasteiger partial charge in [0, 0.05) is 37.1 Å². The number of allylic oxidation sites excluding steroid dienone is 2. The van der Waals surface area contributed by atoms with Crippen molar-refractivity contribution in [2.24, 2.45) is 4.99 Å². The molecule has 3 aromatic rings. The molecule has 5 heteroatoms. The smallest absolute Gasteiger partial charge is 0.252 e. The summed E-state index contributed by atoms with van der Waals surface area (Å²) in [4.78, 5) is 18.3. The minimum Gasteiger partial charge on any atom is -0.381 e. The fourth-order valence-corrected chi connectivity index (χ4v) is 4.47. The van der Waals surface area contributed by atoms with Crippen LogP contribution in [-0.4, -0.2) is 35.7 Å². The van der Waals surface area contributed by atoms with Gasteiger partial charge in [-0.05, 0) is 50.0 Å². The Hall–Kier alpha value is -3.28. The van der Waals surface area contributed by atoms with Crippen molar-refractivity contribution in [1.29, 1.82) is 0 Å². The maximum absolute atomic E-state index is 13.4. The lowest BCUT2D eigenvalue weighted by atomic mass is 9.98. The fraction of sp³-hybridized carbons (Fsp3) is 0.310. The van der Waals surface area contributed by atoms with Crippen LogP contribution in [0.25, 0.3) is 0 Å². The first-order valence-corrected chi connectivity index (χ1v) is 12.0. The second-order valence-electron chi connectivity index (χ2n) is 8.63. The standard InChI is InChI=1S/C29H33N3O2/c1-3-10-27(31-22(2)30-26-16-19-34-20-17-26)25-15-18-32(28(33)21-25)29(23-11-6-4-7-12-23)24-13-8-5-9-14-24/h3-15,18,21-22,26,29-30H,16-17,19-20H2,1-2H3/b10-3-,31-27?. The third kappa shape index (κ3) is 5.99. The molecule has 1 aromatic heterocycles. The van der Waals surface area contributed by atoms with Crippen LogP contribution in [0.2, 0.25) is 0 Å². The summed E-state index contributed by atoms with van der Waals surface area (Å²) in [6.45, 7) is 5.60. The van der Waals surface area contributed by atoms with Crippen molar-refractivity contribution in [1.82, 2.24) is 9.88 Å². The molecule has 1 N–H and O–H groups in total. The van der Waals surface area contributed by atoms with Gasteiger partial charge in [0.25, 0.3) is 5.56 Å². The second kappa shape index (κ2) is 11.7. The molecule has 0 spiro atoms. The monoisotopic (exact) mass is 455 g/mol. The highest BCUT2D eigenvalue weighted by Crippen LogP contribution is 2.25. The van der Waals surface area contributed by atoms with Crippen molar-refractivity contribution in [2.75, 3.05) is 13.2 Å². The van der Waals surface area contributed by atoms with Gasteiger partial charge in [0.15, 0.2) is 0 Å². The molecule has 0 radical (unpaired) electrons. The Morgan fingerprint density at radius 3 is 2.21 bits per heavy atom. The van der Waals surface area contributed by atoms with Crippen molar-refractivity contribution in [3.05, 3.63) is 118 Å². The molecule has 1 saturated heterocycles. The van der Waals surface area contributed by atoms with E-state index in [9.17, 15) is 4.79 Å². The maximum atomic E-state index is 13.4. The summed E-state index contributed by atoms with van der Waals surface area (Å²) in [5.74, 6) is 0. The van der Waals surface area contributed by atoms with Gasteiger partial charge >= 0.3 is 0 Å². The molecule has 4 rings (SSSR count). The average Bonchev–Trinajstić information content (AvgIpc) is 2.87. The molecule has 1 aliphatic heterocycles. The molecule has 1 unspecified atom stereocenters. The Bertz CT molecular complexity index is 1120. The molecule has 1 fully saturated rings. The van der Waals surface area contributed by atoms with Crippen LogP contribution in [0, 0.1) is 0 Å². The molecule has 0 saturated carbocycles. The van der Waals surface area contributed by atoms with Crippen LogP contribution in [0.15, 0.2) is 101 Å². The SMILES string of the molecule is C/C=C\C(=NC(C)NC1CCOCC1)c1ccn(C(c2ccccc2)c2ccccc2)c(=O)c1. The Balaban J connectivity index is 1.65. The predicted molar refractivity (Wildman–Crippen MR) is 139 cm³/mol. The lowest BCUT2D eigenvalue weighted by Gasteiger charge is -2.25. The molecule has 0 bridgehead atoms. The number of aliphatic imine (C=N–C) groups is 1. The van der Waals surface area contributed by atoms with Gasteiger partial charge in [-0.2, -0.15) is 0 Å². The number of benzene rings is 2. The number of nitrogens with one attached hydrogen (secondary N) is 1. The van der Waals surface area contributed by atoms with Gasteiger partial charge in [0.2, 0.25) is 0 Å². The molecule has 5 nitrogen and oxygen atoms in total. The van der Waals surface area contributed by atoms with Crippen molar-refractivity contribution in [3.63, 3.8) is 0 Å². The van der Waals surface area contributed by atoms with Gasteiger partial charge in [-0.15, -0.1) is 0 Å². The van der Waals surface area contributed by atoms with Crippen molar-refractivity contribution in [2.45, 2.75) is 44.9 Å². The van der Waals surface area contributed by atoms with Crippen molar-refractivity contribution < 1.29 is 4.74 Å². The first-order chi connectivity index (χ1) is 16.7. The number of ether oxygens (including phenoxy) is 1. The number of aromatic nitrogens is 1. The van der Waals surface area contributed by atoms with E-state index < -0.39 is 0 Å². The minimum absolute atomic E-state index is 0.0573. The van der Waals surface area contributed by atoms with Crippen LogP contribution in [-0.2, 0) is 4.74 Å². The third-order valence-corrected chi connectivity index (χ3v) is 6.11. The molecule has 0 amide bonds. The van der Waals surface area contributed by atoms with E-state index in [1.165, 1.54) is 0 Å². The number of nitrogens with zero attached hydrogens (tertiary/aromatic N) is 2. The lowest BCUT2D eigenvalue weighted by Crippen LogP contribution is -2.39. The minimum atomic E-state index is -0.194. The van der Waals surface area contributed by atoms with E-state index in [1.807, 2.05) is 67.7 Å². The van der Waals surface area contributed by atoms with Crippen molar-refractivity contribution >= 4 is 5.71 Å². The molecule has 0 aliphatic carbocycles. The Kier molecular flexibility index (Phi) is 8.23. The first kappa shape index (κ1) is 23.9. The molecule has 176 valence electrons. The van der Waals surface area contributed by atoms with Gasteiger partial charge in [-0.25, -0.2) is 0 Å². The Labute approximate surface area is 201 Å². The number of pyridine rings is 1. The number of rotatable bonds is 8. The highest BCUT2D eigenvalue weighted by Gasteiger charge is 2.19. The van der Waals surface area contributed by atoms with E-state index in [0.717, 1.165) is 48.5 Å². The van der Waals surface area contributed by atoms with E-state index in [1.54, 1.807) is 10.6 Å². The zero-order chi connectivity index (χ0) is 23.8. The van der Waals surface area contributed by atoms with E-state index >= 15 is 0 Å². The third-order valence-electron chi connectivity index (χ3n) is 6.11. The summed E-state index contributed by atoms with van der Waals surface area (Å²) in [6.07, 6.45) is 7.75. The molecular formula is C29H33N3O2. The molecule has 34 heavy (non-hydrogen) atoms. The molecule has 2 aromatic carbocycles. The van der Waals surface area contributed by atoms with Crippen LogP contribution < -0.4 is 10.9 Å². The van der Waals surface area contributed by atoms with E-state index in [-0.39, 0.29) is 17.8 Å². The normalized spacial score (nSPS) is 16.3. The van der Waals surface area contributed by atoms with E-state index in [4.69, 9.17) is 9.73 Å². The van der Waals surface area contributed by atoms with Crippen LogP contribution in [0.1, 0.15) is 49.4 Å². The van der Waals surface area contributed by atoms with Gasteiger partial charge < -0.3 is 9.30 Å². The first-order valence-electron chi connectivity index (χ1n) is 12.0. The van der Waals surface area contributed by atoms with Gasteiger partial charge in [-0.1, -0.05) is 66.7 Å². The summed E-state index contributed by atoms with van der Waals surface area (Å²) in [6, 6.07) is 24.2. The summed E-state index contributed by atoms with van der Waals surface area (Å²) in [5.41, 5.74) is 3.70. The second-order valence-corrected chi connectivity index (χ2v) is 8.63. The number of hydrogen-bond donors (Lipinski definition) is 1. The topological polar surface area (TPSA) is 55.6 Å². The van der Waals surface area contributed by atoms with E-state index in [0.29, 0.717) is 6.04 Å². The Morgan fingerprint density at radius 2 is 1.65 bits per heavy atom. The van der Waals surface area contributed by atoms with Crippen molar-refractivity contribution in [3.8, 4) is 0 Å². The maximum Gasteiger partial charge on any atom is 0.252 e. The lowest BCUT2D eigenvalue weighted by molar-refractivity contribution is 0.0757. The van der Waals surface area contributed by atoms with Gasteiger partial charge in [0.1, 0.15) is 0 Å². The summed E-state index contributed by atoms with van der Waals surface area (Å²) < 4.78 is 7.25. The molecule has 1 atom stereocenters.